The Balaban J connectivity index is 1.59. The van der Waals surface area contributed by atoms with Gasteiger partial charge >= 0.3 is 5.97 Å². The number of carbonyl (C=O) groups is 2. The first-order chi connectivity index (χ1) is 12.8. The van der Waals surface area contributed by atoms with E-state index in [4.69, 9.17) is 21.0 Å². The molecule has 1 aromatic heterocycles. The van der Waals surface area contributed by atoms with E-state index in [-0.39, 0.29) is 30.8 Å². The number of ether oxygens (including phenoxy) is 1. The fourth-order valence-electron chi connectivity index (χ4n) is 3.09. The van der Waals surface area contributed by atoms with E-state index in [0.29, 0.717) is 23.7 Å². The molecule has 0 aliphatic carbocycles. The second kappa shape index (κ2) is 7.48. The van der Waals surface area contributed by atoms with E-state index in [1.54, 1.807) is 22.9 Å². The quantitative estimate of drug-likeness (QED) is 0.417. The maximum absolute atomic E-state index is 11.8. The van der Waals surface area contributed by atoms with Crippen LogP contribution in [0.3, 0.4) is 0 Å². The molecule has 1 aromatic carbocycles. The summed E-state index contributed by atoms with van der Waals surface area (Å²) in [6.07, 6.45) is 1.98. The number of amidine groups is 1. The zero-order chi connectivity index (χ0) is 19.6. The topological polar surface area (TPSA) is 143 Å². The number of nitrogens with one attached hydrogen (secondary N) is 2. The molecule has 5 N–H and O–H groups in total. The van der Waals surface area contributed by atoms with E-state index < -0.39 is 11.9 Å². The highest BCUT2D eigenvalue weighted by Crippen LogP contribution is 2.23. The van der Waals surface area contributed by atoms with Gasteiger partial charge in [-0.1, -0.05) is 0 Å². The second-order valence-corrected chi connectivity index (χ2v) is 6.55. The van der Waals surface area contributed by atoms with E-state index in [2.05, 4.69) is 10.3 Å². The average molecular weight is 371 g/mol. The molecule has 0 unspecified atom stereocenters. The van der Waals surface area contributed by atoms with Crippen LogP contribution >= 0.6 is 0 Å². The number of imidazole rings is 1. The Labute approximate surface area is 155 Å². The molecule has 1 saturated heterocycles. The average Bonchev–Trinajstić information content (AvgIpc) is 3.16. The summed E-state index contributed by atoms with van der Waals surface area (Å²) >= 11 is 0. The fraction of sp³-hybridized carbons (Fsp3) is 0.333. The van der Waals surface area contributed by atoms with Gasteiger partial charge in [-0.15, -0.1) is 0 Å². The first-order valence-corrected chi connectivity index (χ1v) is 8.46. The van der Waals surface area contributed by atoms with Gasteiger partial charge in [0.2, 0.25) is 5.91 Å². The van der Waals surface area contributed by atoms with E-state index >= 15 is 0 Å². The summed E-state index contributed by atoms with van der Waals surface area (Å²) in [4.78, 5) is 26.8. The molecular formula is C18H21N5O4. The van der Waals surface area contributed by atoms with Crippen LogP contribution in [0.4, 0.5) is 0 Å². The summed E-state index contributed by atoms with van der Waals surface area (Å²) in [5.74, 6) is -0.483. The van der Waals surface area contributed by atoms with Crippen molar-refractivity contribution in [2.75, 3.05) is 6.61 Å². The van der Waals surface area contributed by atoms with Gasteiger partial charge in [-0.05, 0) is 30.7 Å². The van der Waals surface area contributed by atoms with Crippen molar-refractivity contribution in [2.45, 2.75) is 18.9 Å². The number of rotatable bonds is 7. The number of aryl methyl sites for hydroxylation is 1. The van der Waals surface area contributed by atoms with Crippen LogP contribution in [0.5, 0.6) is 5.75 Å². The molecule has 142 valence electrons. The predicted octanol–water partition coefficient (Wildman–Crippen LogP) is 0.729. The normalized spacial score (nSPS) is 18.9. The number of nitrogens with zero attached hydrogens (tertiary/aromatic N) is 2. The van der Waals surface area contributed by atoms with Crippen molar-refractivity contribution < 1.29 is 19.4 Å². The lowest BCUT2D eigenvalue weighted by Crippen LogP contribution is -2.31. The number of nitrogens with two attached hydrogens (primary N) is 1. The standard InChI is InChI=1S/C18H21N5O4/c1-23-8-14(16(19)20)22-17(23)10-2-4-13(5-3-10)27-9-12-6-11(7-15(24)25)18(26)21-12/h2-5,8,11-12H,6-7,9H2,1H3,(H3,19,20)(H,21,26)(H,24,25)/t11-,12-/m0/s1. The molecule has 2 heterocycles. The van der Waals surface area contributed by atoms with Crippen LogP contribution in [0, 0.1) is 11.3 Å². The summed E-state index contributed by atoms with van der Waals surface area (Å²) < 4.78 is 7.51. The second-order valence-electron chi connectivity index (χ2n) is 6.55. The Hall–Kier alpha value is -3.36. The Bertz CT molecular complexity index is 874. The van der Waals surface area contributed by atoms with Gasteiger partial charge < -0.3 is 25.5 Å². The minimum atomic E-state index is -0.977. The molecule has 27 heavy (non-hydrogen) atoms. The van der Waals surface area contributed by atoms with Crippen molar-refractivity contribution in [1.29, 1.82) is 5.41 Å². The highest BCUT2D eigenvalue weighted by atomic mass is 16.5. The summed E-state index contributed by atoms with van der Waals surface area (Å²) in [5, 5.41) is 19.0. The van der Waals surface area contributed by atoms with Crippen molar-refractivity contribution in [2.24, 2.45) is 18.7 Å². The molecule has 1 aliphatic rings. The lowest BCUT2D eigenvalue weighted by atomic mass is 10.0. The summed E-state index contributed by atoms with van der Waals surface area (Å²) in [7, 11) is 1.83. The molecule has 0 spiro atoms. The van der Waals surface area contributed by atoms with Crippen LogP contribution in [-0.2, 0) is 16.6 Å². The SMILES string of the molecule is Cn1cc(C(=N)N)nc1-c1ccc(OC[C@@H]2C[C@@H](CC(=O)O)C(=O)N2)cc1. The maximum atomic E-state index is 11.8. The predicted molar refractivity (Wildman–Crippen MR) is 97.4 cm³/mol. The summed E-state index contributed by atoms with van der Waals surface area (Å²) in [5.41, 5.74) is 6.74. The molecule has 0 radical (unpaired) electrons. The lowest BCUT2D eigenvalue weighted by Gasteiger charge is -2.12. The zero-order valence-electron chi connectivity index (χ0n) is 14.8. The molecule has 3 rings (SSSR count). The van der Waals surface area contributed by atoms with Crippen LogP contribution in [-0.4, -0.2) is 45.0 Å². The molecule has 2 atom stereocenters. The van der Waals surface area contributed by atoms with Crippen LogP contribution in [0.1, 0.15) is 18.5 Å². The van der Waals surface area contributed by atoms with Crippen molar-refractivity contribution in [3.05, 3.63) is 36.2 Å². The molecule has 2 aromatic rings. The Morgan fingerprint density at radius 3 is 2.74 bits per heavy atom. The number of carboxylic acid groups (broad SMARTS) is 1. The van der Waals surface area contributed by atoms with Gasteiger partial charge in [0, 0.05) is 18.8 Å². The number of carbonyl (C=O) groups excluding carboxylic acids is 1. The molecule has 0 bridgehead atoms. The molecular weight excluding hydrogens is 350 g/mol. The van der Waals surface area contributed by atoms with Crippen LogP contribution in [0.25, 0.3) is 11.4 Å². The minimum absolute atomic E-state index is 0.0865. The van der Waals surface area contributed by atoms with Crippen molar-refractivity contribution in [3.8, 4) is 17.1 Å². The molecule has 9 nitrogen and oxygen atoms in total. The number of hydrogen-bond acceptors (Lipinski definition) is 5. The molecule has 9 heteroatoms. The van der Waals surface area contributed by atoms with Gasteiger partial charge in [-0.25, -0.2) is 4.98 Å². The van der Waals surface area contributed by atoms with E-state index in [1.807, 2.05) is 19.2 Å². The number of amides is 1. The summed E-state index contributed by atoms with van der Waals surface area (Å²) in [6, 6.07) is 7.09. The highest BCUT2D eigenvalue weighted by Gasteiger charge is 2.33. The fourth-order valence-corrected chi connectivity index (χ4v) is 3.09. The monoisotopic (exact) mass is 371 g/mol. The number of aliphatic carboxylic acids is 1. The summed E-state index contributed by atoms with van der Waals surface area (Å²) in [6.45, 7) is 0.276. The first-order valence-electron chi connectivity index (χ1n) is 8.46. The molecule has 1 amide bonds. The van der Waals surface area contributed by atoms with Gasteiger partial charge in [-0.3, -0.25) is 15.0 Å². The third-order valence-corrected chi connectivity index (χ3v) is 4.42. The maximum Gasteiger partial charge on any atom is 0.304 e. The van der Waals surface area contributed by atoms with Gasteiger partial charge in [0.15, 0.2) is 0 Å². The Morgan fingerprint density at radius 1 is 1.44 bits per heavy atom. The number of aromatic nitrogens is 2. The molecule has 1 fully saturated rings. The zero-order valence-corrected chi connectivity index (χ0v) is 14.8. The Kier molecular flexibility index (Phi) is 5.11. The Morgan fingerprint density at radius 2 is 2.15 bits per heavy atom. The van der Waals surface area contributed by atoms with Crippen molar-refractivity contribution in [3.63, 3.8) is 0 Å². The molecule has 0 saturated carbocycles. The number of hydrogen-bond donors (Lipinski definition) is 4. The number of benzene rings is 1. The number of nitrogen functional groups attached to an aromatic ring is 1. The van der Waals surface area contributed by atoms with Gasteiger partial charge in [0.1, 0.15) is 29.7 Å². The van der Waals surface area contributed by atoms with E-state index in [0.717, 1.165) is 5.56 Å². The van der Waals surface area contributed by atoms with E-state index in [1.165, 1.54) is 0 Å². The minimum Gasteiger partial charge on any atom is -0.491 e. The van der Waals surface area contributed by atoms with Crippen LogP contribution < -0.4 is 15.8 Å². The van der Waals surface area contributed by atoms with Crippen LogP contribution in [0.2, 0.25) is 0 Å². The third kappa shape index (κ3) is 4.25. The van der Waals surface area contributed by atoms with Gasteiger partial charge in [0.25, 0.3) is 0 Å². The lowest BCUT2D eigenvalue weighted by molar-refractivity contribution is -0.140. The number of carboxylic acids is 1. The smallest absolute Gasteiger partial charge is 0.304 e. The van der Waals surface area contributed by atoms with Crippen LogP contribution in [0.15, 0.2) is 30.5 Å². The van der Waals surface area contributed by atoms with Gasteiger partial charge in [0.05, 0.1) is 18.4 Å². The highest BCUT2D eigenvalue weighted by molar-refractivity contribution is 5.93. The largest absolute Gasteiger partial charge is 0.491 e. The third-order valence-electron chi connectivity index (χ3n) is 4.42. The van der Waals surface area contributed by atoms with E-state index in [9.17, 15) is 9.59 Å². The first kappa shape index (κ1) is 18.4. The van der Waals surface area contributed by atoms with Gasteiger partial charge in [-0.2, -0.15) is 0 Å². The van der Waals surface area contributed by atoms with Crippen molar-refractivity contribution >= 4 is 17.7 Å². The molecule has 1 aliphatic heterocycles. The van der Waals surface area contributed by atoms with Crippen molar-refractivity contribution in [1.82, 2.24) is 14.9 Å².